The molecule has 1 saturated carbocycles. The lowest BCUT2D eigenvalue weighted by Gasteiger charge is -2.23. The molecule has 1 aliphatic rings. The van der Waals surface area contributed by atoms with Crippen LogP contribution in [0.15, 0.2) is 6.07 Å². The maximum absolute atomic E-state index is 5.89. The van der Waals surface area contributed by atoms with Gasteiger partial charge < -0.3 is 15.8 Å². The van der Waals surface area contributed by atoms with Gasteiger partial charge >= 0.3 is 0 Å². The average molecular weight is 264 g/mol. The van der Waals surface area contributed by atoms with Crippen molar-refractivity contribution < 1.29 is 4.74 Å². The third kappa shape index (κ3) is 3.80. The zero-order valence-corrected chi connectivity index (χ0v) is 11.9. The van der Waals surface area contributed by atoms with Gasteiger partial charge in [0.25, 0.3) is 0 Å². The number of rotatable bonds is 6. The van der Waals surface area contributed by atoms with Crippen molar-refractivity contribution in [1.82, 2.24) is 9.97 Å². The fraction of sp³-hybridized carbons (Fsp3) is 0.714. The number of nitrogens with zero attached hydrogens (tertiary/aromatic N) is 2. The summed E-state index contributed by atoms with van der Waals surface area (Å²) in [5.41, 5.74) is 6.79. The number of ether oxygens (including phenoxy) is 1. The second-order valence-electron chi connectivity index (χ2n) is 5.14. The maximum Gasteiger partial charge on any atom is 0.226 e. The Kier molecular flexibility index (Phi) is 4.96. The third-order valence-corrected chi connectivity index (χ3v) is 3.66. The summed E-state index contributed by atoms with van der Waals surface area (Å²) in [5.74, 6) is 1.90. The first-order valence-electron chi connectivity index (χ1n) is 7.18. The minimum atomic E-state index is 0.263. The second-order valence-corrected chi connectivity index (χ2v) is 5.14. The Morgan fingerprint density at radius 2 is 2.16 bits per heavy atom. The van der Waals surface area contributed by atoms with Crippen LogP contribution in [-0.4, -0.2) is 29.2 Å². The van der Waals surface area contributed by atoms with Crippen LogP contribution in [0.3, 0.4) is 0 Å². The molecule has 0 saturated heterocycles. The quantitative estimate of drug-likeness (QED) is 0.823. The molecule has 19 heavy (non-hydrogen) atoms. The molecule has 1 atom stereocenters. The Labute approximate surface area is 115 Å². The average Bonchev–Trinajstić information content (AvgIpc) is 2.89. The van der Waals surface area contributed by atoms with E-state index in [1.54, 1.807) is 0 Å². The maximum atomic E-state index is 5.89. The second kappa shape index (κ2) is 6.70. The molecule has 5 heteroatoms. The summed E-state index contributed by atoms with van der Waals surface area (Å²) in [6, 6.07) is 2.11. The molecule has 1 heterocycles. The van der Waals surface area contributed by atoms with E-state index in [-0.39, 0.29) is 6.04 Å². The molecule has 0 spiro atoms. The Hall–Kier alpha value is -1.36. The van der Waals surface area contributed by atoms with Crippen molar-refractivity contribution in [3.63, 3.8) is 0 Å². The van der Waals surface area contributed by atoms with Crippen LogP contribution < -0.4 is 15.8 Å². The number of nitrogens with one attached hydrogen (secondary N) is 1. The van der Waals surface area contributed by atoms with E-state index in [9.17, 15) is 0 Å². The van der Waals surface area contributed by atoms with Crippen LogP contribution in [0, 0.1) is 12.8 Å². The van der Waals surface area contributed by atoms with E-state index in [0.717, 1.165) is 5.69 Å². The van der Waals surface area contributed by atoms with Gasteiger partial charge in [0.2, 0.25) is 11.8 Å². The Bertz CT molecular complexity index is 404. The van der Waals surface area contributed by atoms with Gasteiger partial charge in [-0.3, -0.25) is 0 Å². The summed E-state index contributed by atoms with van der Waals surface area (Å²) in [7, 11) is 0. The van der Waals surface area contributed by atoms with Crippen molar-refractivity contribution in [2.75, 3.05) is 18.5 Å². The molecule has 0 bridgehead atoms. The molecule has 0 aromatic carbocycles. The summed E-state index contributed by atoms with van der Waals surface area (Å²) < 4.78 is 5.45. The van der Waals surface area contributed by atoms with Crippen molar-refractivity contribution in [2.24, 2.45) is 11.7 Å². The van der Waals surface area contributed by atoms with E-state index in [4.69, 9.17) is 10.5 Å². The molecule has 2 rings (SSSR count). The summed E-state index contributed by atoms with van der Waals surface area (Å²) in [6.45, 7) is 5.12. The SMILES string of the molecule is CCOc1cc(C)nc(NC(CN)C2CCCC2)n1. The van der Waals surface area contributed by atoms with E-state index in [1.807, 2.05) is 19.9 Å². The molecule has 3 N–H and O–H groups in total. The minimum Gasteiger partial charge on any atom is -0.478 e. The normalized spacial score (nSPS) is 17.4. The van der Waals surface area contributed by atoms with E-state index < -0.39 is 0 Å². The molecular weight excluding hydrogens is 240 g/mol. The molecular formula is C14H24N4O. The van der Waals surface area contributed by atoms with Crippen molar-refractivity contribution in [2.45, 2.75) is 45.6 Å². The summed E-state index contributed by atoms with van der Waals surface area (Å²) in [4.78, 5) is 8.80. The fourth-order valence-corrected chi connectivity index (χ4v) is 2.72. The highest BCUT2D eigenvalue weighted by atomic mass is 16.5. The van der Waals surface area contributed by atoms with Crippen molar-refractivity contribution in [3.05, 3.63) is 11.8 Å². The molecule has 0 aliphatic heterocycles. The molecule has 106 valence electrons. The highest BCUT2D eigenvalue weighted by Crippen LogP contribution is 2.28. The highest BCUT2D eigenvalue weighted by Gasteiger charge is 2.24. The van der Waals surface area contributed by atoms with Gasteiger partial charge in [0.05, 0.1) is 6.61 Å². The monoisotopic (exact) mass is 264 g/mol. The first-order chi connectivity index (χ1) is 9.22. The predicted molar refractivity (Wildman–Crippen MR) is 76.4 cm³/mol. The molecule has 1 aromatic heterocycles. The van der Waals surface area contributed by atoms with Gasteiger partial charge in [0.1, 0.15) is 0 Å². The molecule has 5 nitrogen and oxygen atoms in total. The third-order valence-electron chi connectivity index (χ3n) is 3.66. The molecule has 0 amide bonds. The number of hydrogen-bond donors (Lipinski definition) is 2. The topological polar surface area (TPSA) is 73.1 Å². The number of aromatic nitrogens is 2. The molecule has 1 aromatic rings. The minimum absolute atomic E-state index is 0.263. The van der Waals surface area contributed by atoms with Gasteiger partial charge in [-0.15, -0.1) is 0 Å². The van der Waals surface area contributed by atoms with E-state index >= 15 is 0 Å². The summed E-state index contributed by atoms with van der Waals surface area (Å²) in [5, 5.41) is 3.38. The fourth-order valence-electron chi connectivity index (χ4n) is 2.72. The van der Waals surface area contributed by atoms with Gasteiger partial charge in [0.15, 0.2) is 0 Å². The first kappa shape index (κ1) is 14.1. The largest absolute Gasteiger partial charge is 0.478 e. The van der Waals surface area contributed by atoms with Crippen LogP contribution in [0.1, 0.15) is 38.3 Å². The Balaban J connectivity index is 2.07. The zero-order chi connectivity index (χ0) is 13.7. The summed E-state index contributed by atoms with van der Waals surface area (Å²) >= 11 is 0. The van der Waals surface area contributed by atoms with Crippen LogP contribution in [0.4, 0.5) is 5.95 Å². The van der Waals surface area contributed by atoms with Crippen LogP contribution in [0.5, 0.6) is 5.88 Å². The van der Waals surface area contributed by atoms with Gasteiger partial charge in [0, 0.05) is 24.3 Å². The number of anilines is 1. The van der Waals surface area contributed by atoms with E-state index in [1.165, 1.54) is 25.7 Å². The van der Waals surface area contributed by atoms with Crippen LogP contribution in [0.25, 0.3) is 0 Å². The molecule has 1 unspecified atom stereocenters. The van der Waals surface area contributed by atoms with Crippen LogP contribution in [0.2, 0.25) is 0 Å². The van der Waals surface area contributed by atoms with Gasteiger partial charge in [-0.2, -0.15) is 4.98 Å². The number of aryl methyl sites for hydroxylation is 1. The lowest BCUT2D eigenvalue weighted by atomic mass is 9.98. The lowest BCUT2D eigenvalue weighted by Crippen LogP contribution is -2.35. The molecule has 1 aliphatic carbocycles. The van der Waals surface area contributed by atoms with Crippen LogP contribution in [-0.2, 0) is 0 Å². The Morgan fingerprint density at radius 1 is 1.42 bits per heavy atom. The Morgan fingerprint density at radius 3 is 2.79 bits per heavy atom. The van der Waals surface area contributed by atoms with Gasteiger partial charge in [-0.05, 0) is 32.6 Å². The first-order valence-corrected chi connectivity index (χ1v) is 7.18. The van der Waals surface area contributed by atoms with Gasteiger partial charge in [-0.25, -0.2) is 4.98 Å². The summed E-state index contributed by atoms with van der Waals surface area (Å²) in [6.07, 6.45) is 5.11. The number of hydrogen-bond acceptors (Lipinski definition) is 5. The van der Waals surface area contributed by atoms with Crippen molar-refractivity contribution >= 4 is 5.95 Å². The van der Waals surface area contributed by atoms with Crippen molar-refractivity contribution in [1.29, 1.82) is 0 Å². The predicted octanol–water partition coefficient (Wildman–Crippen LogP) is 2.11. The van der Waals surface area contributed by atoms with Crippen molar-refractivity contribution in [3.8, 4) is 5.88 Å². The molecule has 1 fully saturated rings. The standard InChI is InChI=1S/C14H24N4O/c1-3-19-13-8-10(2)16-14(18-13)17-12(9-15)11-6-4-5-7-11/h8,11-12H,3-7,9,15H2,1-2H3,(H,16,17,18). The molecule has 0 radical (unpaired) electrons. The van der Waals surface area contributed by atoms with E-state index in [2.05, 4.69) is 15.3 Å². The lowest BCUT2D eigenvalue weighted by molar-refractivity contribution is 0.326. The zero-order valence-electron chi connectivity index (χ0n) is 11.9. The van der Waals surface area contributed by atoms with Gasteiger partial charge in [-0.1, -0.05) is 12.8 Å². The van der Waals surface area contributed by atoms with Crippen LogP contribution >= 0.6 is 0 Å². The smallest absolute Gasteiger partial charge is 0.226 e. The number of nitrogens with two attached hydrogens (primary N) is 1. The van der Waals surface area contributed by atoms with E-state index in [0.29, 0.717) is 30.9 Å². The highest BCUT2D eigenvalue weighted by molar-refractivity contribution is 5.32.